The van der Waals surface area contributed by atoms with E-state index in [-0.39, 0.29) is 34.6 Å². The van der Waals surface area contributed by atoms with Gasteiger partial charge in [0, 0.05) is 6.54 Å². The van der Waals surface area contributed by atoms with E-state index in [1.54, 1.807) is 12.1 Å². The van der Waals surface area contributed by atoms with Gasteiger partial charge >= 0.3 is 0 Å². The Morgan fingerprint density at radius 3 is 2.53 bits per heavy atom. The molecular weight excluding hydrogens is 385 g/mol. The van der Waals surface area contributed by atoms with Crippen LogP contribution >= 0.6 is 0 Å². The molecule has 30 heavy (non-hydrogen) atoms. The molecule has 148 valence electrons. The van der Waals surface area contributed by atoms with Crippen LogP contribution in [-0.4, -0.2) is 15.9 Å². The summed E-state index contributed by atoms with van der Waals surface area (Å²) in [5.74, 6) is -1.02. The maximum absolute atomic E-state index is 13.8. The summed E-state index contributed by atoms with van der Waals surface area (Å²) in [6.45, 7) is 0.244. The van der Waals surface area contributed by atoms with Gasteiger partial charge in [-0.1, -0.05) is 42.5 Å². The Bertz CT molecular complexity index is 1350. The molecule has 1 atom stereocenters. The number of rotatable bonds is 3. The minimum absolute atomic E-state index is 0.0179. The third-order valence-electron chi connectivity index (χ3n) is 5.31. The molecule has 5 nitrogen and oxygen atoms in total. The first kappa shape index (κ1) is 18.1. The summed E-state index contributed by atoms with van der Waals surface area (Å²) in [5.41, 5.74) is 1.31. The predicted molar refractivity (Wildman–Crippen MR) is 109 cm³/mol. The van der Waals surface area contributed by atoms with Crippen molar-refractivity contribution in [1.29, 1.82) is 0 Å². The van der Waals surface area contributed by atoms with Crippen molar-refractivity contribution in [3.05, 3.63) is 111 Å². The van der Waals surface area contributed by atoms with E-state index < -0.39 is 23.2 Å². The predicted octanol–water partition coefficient (Wildman–Crippen LogP) is 4.38. The fourth-order valence-corrected chi connectivity index (χ4v) is 3.98. The summed E-state index contributed by atoms with van der Waals surface area (Å²) in [6.07, 6.45) is 0. The lowest BCUT2D eigenvalue weighted by Crippen LogP contribution is -2.29. The van der Waals surface area contributed by atoms with Gasteiger partial charge in [0.15, 0.2) is 5.43 Å². The van der Waals surface area contributed by atoms with E-state index in [1.807, 2.05) is 30.3 Å². The molecule has 0 aliphatic carbocycles. The number of halogens is 1. The third-order valence-corrected chi connectivity index (χ3v) is 5.31. The van der Waals surface area contributed by atoms with Crippen molar-refractivity contribution in [1.82, 2.24) is 4.90 Å². The Morgan fingerprint density at radius 2 is 1.77 bits per heavy atom. The Morgan fingerprint density at radius 1 is 0.967 bits per heavy atom. The molecule has 1 amide bonds. The Labute approximate surface area is 170 Å². The summed E-state index contributed by atoms with van der Waals surface area (Å²) in [5, 5.41) is 10.1. The minimum atomic E-state index is -0.760. The first-order chi connectivity index (χ1) is 14.5. The minimum Gasteiger partial charge on any atom is -0.508 e. The van der Waals surface area contributed by atoms with Gasteiger partial charge in [-0.15, -0.1) is 0 Å². The smallest absolute Gasteiger partial charge is 0.291 e. The van der Waals surface area contributed by atoms with Crippen molar-refractivity contribution < 1.29 is 18.7 Å². The number of aromatic hydroxyl groups is 1. The topological polar surface area (TPSA) is 70.8 Å². The second kappa shape index (κ2) is 6.84. The number of nitrogens with zero attached hydrogens (tertiary/aromatic N) is 1. The summed E-state index contributed by atoms with van der Waals surface area (Å²) in [4.78, 5) is 28.1. The van der Waals surface area contributed by atoms with Crippen LogP contribution in [0.1, 0.15) is 33.3 Å². The van der Waals surface area contributed by atoms with Crippen molar-refractivity contribution in [2.75, 3.05) is 0 Å². The highest BCUT2D eigenvalue weighted by Gasteiger charge is 2.42. The lowest BCUT2D eigenvalue weighted by Gasteiger charge is -2.25. The molecule has 0 saturated heterocycles. The summed E-state index contributed by atoms with van der Waals surface area (Å²) >= 11 is 0. The summed E-state index contributed by atoms with van der Waals surface area (Å²) in [7, 11) is 0. The number of carbonyl (C=O) groups is 1. The first-order valence-corrected chi connectivity index (χ1v) is 9.43. The van der Waals surface area contributed by atoms with Crippen molar-refractivity contribution in [3.8, 4) is 5.75 Å². The number of amides is 1. The Balaban J connectivity index is 1.75. The molecule has 6 heteroatoms. The quantitative estimate of drug-likeness (QED) is 0.553. The highest BCUT2D eigenvalue weighted by molar-refractivity contribution is 5.99. The van der Waals surface area contributed by atoms with E-state index in [0.717, 1.165) is 11.6 Å². The maximum atomic E-state index is 13.8. The van der Waals surface area contributed by atoms with Gasteiger partial charge in [0.05, 0.1) is 17.0 Å². The van der Waals surface area contributed by atoms with E-state index in [4.69, 9.17) is 4.42 Å². The van der Waals surface area contributed by atoms with Crippen LogP contribution in [0.4, 0.5) is 4.39 Å². The number of benzene rings is 3. The molecule has 0 radical (unpaired) electrons. The molecule has 1 N–H and O–H groups in total. The Kier molecular flexibility index (Phi) is 4.13. The van der Waals surface area contributed by atoms with Crippen LogP contribution in [0.2, 0.25) is 0 Å². The maximum Gasteiger partial charge on any atom is 0.291 e. The van der Waals surface area contributed by atoms with E-state index >= 15 is 0 Å². The Hall–Kier alpha value is -3.93. The number of hydrogen-bond acceptors (Lipinski definition) is 4. The first-order valence-electron chi connectivity index (χ1n) is 9.43. The van der Waals surface area contributed by atoms with E-state index in [9.17, 15) is 19.1 Å². The molecule has 0 spiro atoms. The van der Waals surface area contributed by atoms with E-state index in [1.165, 1.54) is 29.2 Å². The van der Waals surface area contributed by atoms with Crippen molar-refractivity contribution in [2.24, 2.45) is 0 Å². The van der Waals surface area contributed by atoms with Crippen LogP contribution in [0.25, 0.3) is 11.0 Å². The summed E-state index contributed by atoms with van der Waals surface area (Å²) in [6, 6.07) is 18.7. The van der Waals surface area contributed by atoms with Crippen LogP contribution in [0, 0.1) is 5.82 Å². The van der Waals surface area contributed by atoms with Crippen LogP contribution in [0.5, 0.6) is 5.75 Å². The molecule has 1 aliphatic rings. The lowest BCUT2D eigenvalue weighted by atomic mass is 9.98. The van der Waals surface area contributed by atoms with Crippen LogP contribution < -0.4 is 5.43 Å². The van der Waals surface area contributed by atoms with Gasteiger partial charge in [0.2, 0.25) is 5.76 Å². The van der Waals surface area contributed by atoms with Gasteiger partial charge in [0.1, 0.15) is 17.1 Å². The molecule has 0 bridgehead atoms. The second-order valence-corrected chi connectivity index (χ2v) is 7.23. The normalized spacial score (nSPS) is 15.6. The fraction of sp³-hybridized carbons (Fsp3) is 0.0833. The molecule has 0 fully saturated rings. The standard InChI is InChI=1S/C24H16FNO4/c25-16-9-10-19-18(12-16)22(28)20-21(15-7-4-8-17(27)11-15)26(24(29)23(20)30-19)13-14-5-2-1-3-6-14/h1-12,21,27H,13H2/t21-/m0/s1. The molecule has 4 aromatic rings. The molecule has 2 heterocycles. The zero-order valence-corrected chi connectivity index (χ0v) is 15.7. The number of phenolic OH excluding ortho intramolecular Hbond substituents is 1. The highest BCUT2D eigenvalue weighted by atomic mass is 19.1. The van der Waals surface area contributed by atoms with Gasteiger partial charge in [0.25, 0.3) is 5.91 Å². The summed E-state index contributed by atoms with van der Waals surface area (Å²) < 4.78 is 19.6. The van der Waals surface area contributed by atoms with Crippen LogP contribution in [-0.2, 0) is 6.54 Å². The second-order valence-electron chi connectivity index (χ2n) is 7.23. The molecule has 3 aromatic carbocycles. The third kappa shape index (κ3) is 2.85. The van der Waals surface area contributed by atoms with E-state index in [0.29, 0.717) is 5.56 Å². The monoisotopic (exact) mass is 401 g/mol. The molecule has 0 saturated carbocycles. The largest absolute Gasteiger partial charge is 0.508 e. The van der Waals surface area contributed by atoms with Gasteiger partial charge in [-0.2, -0.15) is 0 Å². The van der Waals surface area contributed by atoms with Crippen molar-refractivity contribution >= 4 is 16.9 Å². The molecule has 1 aromatic heterocycles. The SMILES string of the molecule is O=C1c2oc3ccc(F)cc3c(=O)c2[C@H](c2cccc(O)c2)N1Cc1ccccc1. The average molecular weight is 401 g/mol. The zero-order chi connectivity index (χ0) is 20.8. The number of phenols is 1. The highest BCUT2D eigenvalue weighted by Crippen LogP contribution is 2.39. The van der Waals surface area contributed by atoms with Crippen LogP contribution in [0.3, 0.4) is 0 Å². The fourth-order valence-electron chi connectivity index (χ4n) is 3.98. The van der Waals surface area contributed by atoms with E-state index in [2.05, 4.69) is 0 Å². The van der Waals surface area contributed by atoms with Crippen molar-refractivity contribution in [3.63, 3.8) is 0 Å². The molecule has 5 rings (SSSR count). The van der Waals surface area contributed by atoms with Gasteiger partial charge in [-0.25, -0.2) is 4.39 Å². The molecule has 0 unspecified atom stereocenters. The number of fused-ring (bicyclic) bond motifs is 2. The van der Waals surface area contributed by atoms with Gasteiger partial charge in [-0.05, 0) is 41.5 Å². The van der Waals surface area contributed by atoms with Gasteiger partial charge < -0.3 is 14.4 Å². The zero-order valence-electron chi connectivity index (χ0n) is 15.7. The number of hydrogen-bond donors (Lipinski definition) is 1. The van der Waals surface area contributed by atoms with Crippen LogP contribution in [0.15, 0.2) is 82.0 Å². The molecule has 1 aliphatic heterocycles. The number of carbonyl (C=O) groups excluding carboxylic acids is 1. The van der Waals surface area contributed by atoms with Gasteiger partial charge in [-0.3, -0.25) is 9.59 Å². The van der Waals surface area contributed by atoms with Crippen molar-refractivity contribution in [2.45, 2.75) is 12.6 Å². The molecular formula is C24H16FNO4. The lowest BCUT2D eigenvalue weighted by molar-refractivity contribution is 0.0714. The average Bonchev–Trinajstić information content (AvgIpc) is 3.02.